The fraction of sp³-hybridized carbons (Fsp3) is 0.118. The van der Waals surface area contributed by atoms with Crippen LogP contribution in [-0.2, 0) is 0 Å². The molecule has 0 saturated carbocycles. The number of hydrogen-bond donors (Lipinski definition) is 2. The first-order valence-electron chi connectivity index (χ1n) is 6.59. The predicted molar refractivity (Wildman–Crippen MR) is 84.3 cm³/mol. The van der Waals surface area contributed by atoms with Crippen molar-refractivity contribution in [2.24, 2.45) is 0 Å². The highest BCUT2D eigenvalue weighted by Crippen LogP contribution is 2.24. The highest BCUT2D eigenvalue weighted by Gasteiger charge is 2.02. The van der Waals surface area contributed by atoms with Gasteiger partial charge >= 0.3 is 0 Å². The smallest absolute Gasteiger partial charge is 0.251 e. The monoisotopic (exact) mass is 264 g/mol. The van der Waals surface area contributed by atoms with E-state index >= 15 is 0 Å². The number of aromatic amines is 1. The lowest BCUT2D eigenvalue weighted by Gasteiger charge is -2.06. The second-order valence-electron chi connectivity index (χ2n) is 4.91. The van der Waals surface area contributed by atoms with Gasteiger partial charge in [0.1, 0.15) is 0 Å². The summed E-state index contributed by atoms with van der Waals surface area (Å²) in [5.41, 5.74) is 4.98. The van der Waals surface area contributed by atoms with Gasteiger partial charge < -0.3 is 10.3 Å². The third-order valence-corrected chi connectivity index (χ3v) is 3.54. The Balaban J connectivity index is 2.11. The summed E-state index contributed by atoms with van der Waals surface area (Å²) in [7, 11) is 1.91. The lowest BCUT2D eigenvalue weighted by molar-refractivity contribution is 1.24. The van der Waals surface area contributed by atoms with Crippen LogP contribution in [0.5, 0.6) is 0 Å². The average Bonchev–Trinajstić information content (AvgIpc) is 2.48. The van der Waals surface area contributed by atoms with E-state index in [1.54, 1.807) is 0 Å². The van der Waals surface area contributed by atoms with Crippen molar-refractivity contribution in [1.82, 2.24) is 4.98 Å². The van der Waals surface area contributed by atoms with Crippen LogP contribution in [0.3, 0.4) is 0 Å². The Morgan fingerprint density at radius 3 is 2.35 bits per heavy atom. The molecule has 0 amide bonds. The molecule has 3 heteroatoms. The molecule has 0 saturated heterocycles. The van der Waals surface area contributed by atoms with E-state index in [0.29, 0.717) is 0 Å². The number of H-pyrrole nitrogens is 1. The third kappa shape index (κ3) is 2.18. The van der Waals surface area contributed by atoms with E-state index in [-0.39, 0.29) is 5.56 Å². The zero-order valence-corrected chi connectivity index (χ0v) is 11.5. The minimum Gasteiger partial charge on any atom is -0.388 e. The van der Waals surface area contributed by atoms with Gasteiger partial charge in [0.15, 0.2) is 0 Å². The van der Waals surface area contributed by atoms with Crippen LogP contribution in [-0.4, -0.2) is 12.0 Å². The molecule has 20 heavy (non-hydrogen) atoms. The van der Waals surface area contributed by atoms with E-state index in [4.69, 9.17) is 0 Å². The number of fused-ring (bicyclic) bond motifs is 1. The molecule has 0 aliphatic carbocycles. The Morgan fingerprint density at radius 1 is 0.950 bits per heavy atom. The van der Waals surface area contributed by atoms with Gasteiger partial charge in [-0.1, -0.05) is 18.2 Å². The molecule has 0 unspecified atom stereocenters. The predicted octanol–water partition coefficient (Wildman–Crippen LogP) is 3.55. The van der Waals surface area contributed by atoms with Gasteiger partial charge in [-0.2, -0.15) is 0 Å². The zero-order valence-electron chi connectivity index (χ0n) is 11.5. The fourth-order valence-corrected chi connectivity index (χ4v) is 2.32. The molecule has 2 aromatic carbocycles. The minimum atomic E-state index is -0.0244. The number of anilines is 1. The number of hydrogen-bond acceptors (Lipinski definition) is 2. The Hall–Kier alpha value is -2.55. The van der Waals surface area contributed by atoms with E-state index in [0.717, 1.165) is 33.3 Å². The molecule has 2 N–H and O–H groups in total. The van der Waals surface area contributed by atoms with Crippen molar-refractivity contribution in [3.8, 4) is 11.1 Å². The number of pyridine rings is 1. The van der Waals surface area contributed by atoms with E-state index in [1.165, 1.54) is 0 Å². The SMILES string of the molecule is CNc1ccc(-c2ccc3[nH]c(=O)c(C)cc3c2)cc1. The second-order valence-corrected chi connectivity index (χ2v) is 4.91. The first-order valence-corrected chi connectivity index (χ1v) is 6.59. The molecule has 100 valence electrons. The largest absolute Gasteiger partial charge is 0.388 e. The van der Waals surface area contributed by atoms with Crippen LogP contribution in [0.25, 0.3) is 22.0 Å². The number of aromatic nitrogens is 1. The van der Waals surface area contributed by atoms with Crippen LogP contribution in [0.15, 0.2) is 53.3 Å². The number of aryl methyl sites for hydroxylation is 1. The molecule has 0 fully saturated rings. The Labute approximate surface area is 117 Å². The molecule has 1 heterocycles. The van der Waals surface area contributed by atoms with Crippen molar-refractivity contribution >= 4 is 16.6 Å². The molecule has 3 aromatic rings. The fourth-order valence-electron chi connectivity index (χ4n) is 2.32. The molecule has 1 aromatic heterocycles. The van der Waals surface area contributed by atoms with E-state index in [9.17, 15) is 4.79 Å². The molecule has 3 rings (SSSR count). The molecular formula is C17H16N2O. The summed E-state index contributed by atoms with van der Waals surface area (Å²) in [4.78, 5) is 14.5. The van der Waals surface area contributed by atoms with Gasteiger partial charge in [0.05, 0.1) is 0 Å². The third-order valence-electron chi connectivity index (χ3n) is 3.54. The molecule has 0 aliphatic heterocycles. The summed E-state index contributed by atoms with van der Waals surface area (Å²) in [5, 5.41) is 4.16. The number of benzene rings is 2. The van der Waals surface area contributed by atoms with Crippen LogP contribution in [0.4, 0.5) is 5.69 Å². The van der Waals surface area contributed by atoms with Crippen molar-refractivity contribution in [3.63, 3.8) is 0 Å². The summed E-state index contributed by atoms with van der Waals surface area (Å²) in [6.45, 7) is 1.83. The van der Waals surface area contributed by atoms with Gasteiger partial charge in [0.25, 0.3) is 5.56 Å². The lowest BCUT2D eigenvalue weighted by atomic mass is 10.0. The van der Waals surface area contributed by atoms with Crippen molar-refractivity contribution in [3.05, 3.63) is 64.4 Å². The van der Waals surface area contributed by atoms with Gasteiger partial charge in [-0.15, -0.1) is 0 Å². The molecule has 0 radical (unpaired) electrons. The highest BCUT2D eigenvalue weighted by molar-refractivity contribution is 5.85. The first kappa shape index (κ1) is 12.5. The van der Waals surface area contributed by atoms with Crippen LogP contribution in [0.2, 0.25) is 0 Å². The Morgan fingerprint density at radius 2 is 1.65 bits per heavy atom. The summed E-state index contributed by atoms with van der Waals surface area (Å²) >= 11 is 0. The Bertz CT molecular complexity index is 817. The van der Waals surface area contributed by atoms with Crippen molar-refractivity contribution in [2.45, 2.75) is 6.92 Å². The first-order chi connectivity index (χ1) is 9.67. The summed E-state index contributed by atoms with van der Waals surface area (Å²) in [6, 6.07) is 16.3. The van der Waals surface area contributed by atoms with E-state index in [2.05, 4.69) is 40.6 Å². The maximum absolute atomic E-state index is 11.6. The Kier molecular flexibility index (Phi) is 3.03. The molecule has 0 atom stereocenters. The van der Waals surface area contributed by atoms with Crippen molar-refractivity contribution in [1.29, 1.82) is 0 Å². The number of nitrogens with one attached hydrogen (secondary N) is 2. The average molecular weight is 264 g/mol. The summed E-state index contributed by atoms with van der Waals surface area (Å²) in [5.74, 6) is 0. The minimum absolute atomic E-state index is 0.0244. The van der Waals surface area contributed by atoms with Crippen LogP contribution in [0.1, 0.15) is 5.56 Å². The quantitative estimate of drug-likeness (QED) is 0.743. The molecule has 0 spiro atoms. The van der Waals surface area contributed by atoms with Crippen LogP contribution >= 0.6 is 0 Å². The second kappa shape index (κ2) is 4.85. The van der Waals surface area contributed by atoms with Gasteiger partial charge in [0.2, 0.25) is 0 Å². The van der Waals surface area contributed by atoms with Gasteiger partial charge in [-0.05, 0) is 53.8 Å². The normalized spacial score (nSPS) is 10.7. The van der Waals surface area contributed by atoms with Crippen LogP contribution in [0, 0.1) is 6.92 Å². The summed E-state index contributed by atoms with van der Waals surface area (Å²) < 4.78 is 0. The van der Waals surface area contributed by atoms with Crippen molar-refractivity contribution < 1.29 is 0 Å². The molecule has 3 nitrogen and oxygen atoms in total. The maximum Gasteiger partial charge on any atom is 0.251 e. The van der Waals surface area contributed by atoms with Gasteiger partial charge in [-0.3, -0.25) is 4.79 Å². The summed E-state index contributed by atoms with van der Waals surface area (Å²) in [6.07, 6.45) is 0. The van der Waals surface area contributed by atoms with E-state index < -0.39 is 0 Å². The zero-order chi connectivity index (χ0) is 14.1. The van der Waals surface area contributed by atoms with Crippen LogP contribution < -0.4 is 10.9 Å². The molecule has 0 aliphatic rings. The number of rotatable bonds is 2. The van der Waals surface area contributed by atoms with Crippen molar-refractivity contribution in [2.75, 3.05) is 12.4 Å². The standard InChI is InChI=1S/C17H16N2O/c1-11-9-14-10-13(5-8-16(14)19-17(11)20)12-3-6-15(18-2)7-4-12/h3-10,18H,1-2H3,(H,19,20). The topological polar surface area (TPSA) is 44.9 Å². The lowest BCUT2D eigenvalue weighted by Crippen LogP contribution is -2.08. The van der Waals surface area contributed by atoms with E-state index in [1.807, 2.05) is 32.2 Å². The maximum atomic E-state index is 11.6. The van der Waals surface area contributed by atoms with Gasteiger partial charge in [-0.25, -0.2) is 0 Å². The molecular weight excluding hydrogens is 248 g/mol. The molecule has 0 bridgehead atoms. The van der Waals surface area contributed by atoms with Gasteiger partial charge in [0, 0.05) is 23.8 Å². The highest BCUT2D eigenvalue weighted by atomic mass is 16.1.